The topological polar surface area (TPSA) is 70.6 Å². The van der Waals surface area contributed by atoms with Gasteiger partial charge in [0.25, 0.3) is 0 Å². The molecule has 0 aliphatic carbocycles. The Hall–Kier alpha value is -1.46. The number of benzene rings is 1. The Morgan fingerprint density at radius 1 is 1.50 bits per heavy atom. The van der Waals surface area contributed by atoms with E-state index in [1.165, 1.54) is 0 Å². The van der Waals surface area contributed by atoms with Crippen LogP contribution >= 0.6 is 11.6 Å². The summed E-state index contributed by atoms with van der Waals surface area (Å²) in [6.07, 6.45) is 1.21. The first-order valence-electron chi connectivity index (χ1n) is 6.47. The van der Waals surface area contributed by atoms with Crippen molar-refractivity contribution in [3.63, 3.8) is 0 Å². The van der Waals surface area contributed by atoms with Gasteiger partial charge in [0.1, 0.15) is 5.75 Å². The van der Waals surface area contributed by atoms with Gasteiger partial charge in [-0.15, -0.1) is 0 Å². The fraction of sp³-hybridized carbons (Fsp3) is 0.500. The maximum atomic E-state index is 12.0. The Morgan fingerprint density at radius 2 is 2.20 bits per heavy atom. The fourth-order valence-corrected chi connectivity index (χ4v) is 1.94. The van der Waals surface area contributed by atoms with Crippen LogP contribution in [0.2, 0.25) is 5.02 Å². The van der Waals surface area contributed by atoms with Crippen LogP contribution in [0.3, 0.4) is 0 Å². The minimum Gasteiger partial charge on any atom is -0.497 e. The monoisotopic (exact) mass is 300 g/mol. The van der Waals surface area contributed by atoms with Crippen LogP contribution in [0.15, 0.2) is 18.2 Å². The normalized spacial score (nSPS) is 13.4. The first-order chi connectivity index (χ1) is 9.44. The number of urea groups is 1. The molecule has 6 heteroatoms. The Kier molecular flexibility index (Phi) is 6.10. The van der Waals surface area contributed by atoms with Crippen molar-refractivity contribution in [3.8, 4) is 5.75 Å². The van der Waals surface area contributed by atoms with Crippen LogP contribution < -0.4 is 15.4 Å². The summed E-state index contributed by atoms with van der Waals surface area (Å²) in [5.74, 6) is 0.625. The summed E-state index contributed by atoms with van der Waals surface area (Å²) in [5, 5.41) is 15.0. The number of amides is 2. The van der Waals surface area contributed by atoms with E-state index in [1.54, 1.807) is 25.3 Å². The molecule has 0 saturated carbocycles. The van der Waals surface area contributed by atoms with Crippen molar-refractivity contribution in [1.29, 1.82) is 0 Å². The van der Waals surface area contributed by atoms with Crippen LogP contribution in [-0.4, -0.2) is 30.4 Å². The minimum absolute atomic E-state index is 0.0217. The summed E-state index contributed by atoms with van der Waals surface area (Å²) in [6.45, 7) is 3.86. The van der Waals surface area contributed by atoms with E-state index in [-0.39, 0.29) is 12.6 Å². The lowest BCUT2D eigenvalue weighted by Gasteiger charge is -2.29. The van der Waals surface area contributed by atoms with Gasteiger partial charge < -0.3 is 20.5 Å². The van der Waals surface area contributed by atoms with Crippen LogP contribution in [0.25, 0.3) is 0 Å². The molecule has 1 aromatic carbocycles. The Labute approximate surface area is 124 Å². The highest BCUT2D eigenvalue weighted by atomic mass is 35.5. The number of anilines is 1. The molecule has 0 spiro atoms. The zero-order valence-electron chi connectivity index (χ0n) is 12.0. The Morgan fingerprint density at radius 3 is 2.70 bits per heavy atom. The number of hydrogen-bond donors (Lipinski definition) is 3. The molecule has 0 aliphatic rings. The first kappa shape index (κ1) is 16.6. The predicted molar refractivity (Wildman–Crippen MR) is 80.6 cm³/mol. The molecule has 112 valence electrons. The molecule has 1 rings (SSSR count). The lowest BCUT2D eigenvalue weighted by Crippen LogP contribution is -2.48. The van der Waals surface area contributed by atoms with E-state index in [0.717, 1.165) is 6.42 Å². The van der Waals surface area contributed by atoms with E-state index in [0.29, 0.717) is 22.9 Å². The summed E-state index contributed by atoms with van der Waals surface area (Å²) < 4.78 is 5.04. The largest absolute Gasteiger partial charge is 0.497 e. The molecule has 1 unspecified atom stereocenters. The van der Waals surface area contributed by atoms with Crippen LogP contribution in [0.4, 0.5) is 10.5 Å². The van der Waals surface area contributed by atoms with Crippen LogP contribution in [0.5, 0.6) is 5.75 Å². The lowest BCUT2D eigenvalue weighted by molar-refractivity contribution is 0.208. The maximum Gasteiger partial charge on any atom is 0.319 e. The average molecular weight is 301 g/mol. The molecule has 0 bridgehead atoms. The van der Waals surface area contributed by atoms with E-state index in [9.17, 15) is 4.79 Å². The number of halogens is 1. The third kappa shape index (κ3) is 4.58. The summed E-state index contributed by atoms with van der Waals surface area (Å²) in [5.41, 5.74) is 0.0602. The van der Waals surface area contributed by atoms with Gasteiger partial charge >= 0.3 is 6.03 Å². The number of carbonyl (C=O) groups excluding carboxylic acids is 1. The highest BCUT2D eigenvalue weighted by Crippen LogP contribution is 2.26. The maximum absolute atomic E-state index is 12.0. The minimum atomic E-state index is -0.447. The standard InChI is InChI=1S/C14H21ClN2O3/c1-4-14(2,7-8-18)17-13(19)16-12-6-5-10(20-3)9-11(12)15/h5-6,9,18H,4,7-8H2,1-3H3,(H2,16,17,19). The quantitative estimate of drug-likeness (QED) is 0.756. The number of ether oxygens (including phenoxy) is 1. The zero-order chi connectivity index (χ0) is 15.2. The van der Waals surface area contributed by atoms with Gasteiger partial charge in [-0.25, -0.2) is 4.79 Å². The second-order valence-corrected chi connectivity index (χ2v) is 5.22. The number of carbonyl (C=O) groups is 1. The van der Waals surface area contributed by atoms with E-state index >= 15 is 0 Å². The number of hydrogen-bond acceptors (Lipinski definition) is 3. The highest BCUT2D eigenvalue weighted by molar-refractivity contribution is 6.33. The molecular weight excluding hydrogens is 280 g/mol. The third-order valence-electron chi connectivity index (χ3n) is 3.28. The Balaban J connectivity index is 2.71. The van der Waals surface area contributed by atoms with Gasteiger partial charge in [-0.1, -0.05) is 18.5 Å². The van der Waals surface area contributed by atoms with E-state index in [2.05, 4.69) is 10.6 Å². The molecule has 3 N–H and O–H groups in total. The van der Waals surface area contributed by atoms with Crippen molar-refractivity contribution >= 4 is 23.3 Å². The van der Waals surface area contributed by atoms with Gasteiger partial charge in [0.2, 0.25) is 0 Å². The number of rotatable bonds is 6. The molecule has 2 amide bonds. The van der Waals surface area contributed by atoms with Crippen molar-refractivity contribution in [3.05, 3.63) is 23.2 Å². The average Bonchev–Trinajstić information content (AvgIpc) is 2.41. The molecule has 1 aromatic rings. The van der Waals surface area contributed by atoms with Gasteiger partial charge in [-0.05, 0) is 31.9 Å². The van der Waals surface area contributed by atoms with Crippen LogP contribution in [0, 0.1) is 0 Å². The molecule has 0 aliphatic heterocycles. The molecule has 0 aromatic heterocycles. The molecular formula is C14H21ClN2O3. The number of aliphatic hydroxyl groups excluding tert-OH is 1. The summed E-state index contributed by atoms with van der Waals surface area (Å²) in [7, 11) is 1.55. The number of aliphatic hydroxyl groups is 1. The third-order valence-corrected chi connectivity index (χ3v) is 3.60. The van der Waals surface area contributed by atoms with Crippen molar-refractivity contribution in [1.82, 2.24) is 5.32 Å². The number of methoxy groups -OCH3 is 1. The fourth-order valence-electron chi connectivity index (χ4n) is 1.73. The van der Waals surface area contributed by atoms with Crippen molar-refractivity contribution in [2.24, 2.45) is 0 Å². The Bertz CT molecular complexity index is 468. The SMILES string of the molecule is CCC(C)(CCO)NC(=O)Nc1ccc(OC)cc1Cl. The molecule has 20 heavy (non-hydrogen) atoms. The van der Waals surface area contributed by atoms with Gasteiger partial charge in [0.15, 0.2) is 0 Å². The lowest BCUT2D eigenvalue weighted by atomic mass is 9.95. The van der Waals surface area contributed by atoms with Crippen molar-refractivity contribution in [2.75, 3.05) is 19.0 Å². The van der Waals surface area contributed by atoms with E-state index in [4.69, 9.17) is 21.4 Å². The van der Waals surface area contributed by atoms with E-state index in [1.807, 2.05) is 13.8 Å². The van der Waals surface area contributed by atoms with Crippen LogP contribution in [-0.2, 0) is 0 Å². The summed E-state index contributed by atoms with van der Waals surface area (Å²) in [4.78, 5) is 12.0. The molecule has 0 fully saturated rings. The van der Waals surface area contributed by atoms with E-state index < -0.39 is 5.54 Å². The van der Waals surface area contributed by atoms with Gasteiger partial charge in [-0.2, -0.15) is 0 Å². The zero-order valence-corrected chi connectivity index (χ0v) is 12.8. The number of nitrogens with one attached hydrogen (secondary N) is 2. The molecule has 0 radical (unpaired) electrons. The van der Waals surface area contributed by atoms with Gasteiger partial charge in [0.05, 0.1) is 17.8 Å². The van der Waals surface area contributed by atoms with Crippen LogP contribution in [0.1, 0.15) is 26.7 Å². The highest BCUT2D eigenvalue weighted by Gasteiger charge is 2.23. The van der Waals surface area contributed by atoms with Gasteiger partial charge in [-0.3, -0.25) is 0 Å². The molecule has 1 atom stereocenters. The second-order valence-electron chi connectivity index (χ2n) is 4.81. The molecule has 5 nitrogen and oxygen atoms in total. The first-order valence-corrected chi connectivity index (χ1v) is 6.85. The van der Waals surface area contributed by atoms with Crippen molar-refractivity contribution < 1.29 is 14.6 Å². The second kappa shape index (κ2) is 7.36. The van der Waals surface area contributed by atoms with Gasteiger partial charge in [0, 0.05) is 18.2 Å². The van der Waals surface area contributed by atoms with Crippen molar-refractivity contribution in [2.45, 2.75) is 32.2 Å². The molecule has 0 heterocycles. The summed E-state index contributed by atoms with van der Waals surface area (Å²) in [6, 6.07) is 4.67. The molecule has 0 saturated heterocycles. The smallest absolute Gasteiger partial charge is 0.319 e. The summed E-state index contributed by atoms with van der Waals surface area (Å²) >= 11 is 6.06. The predicted octanol–water partition coefficient (Wildman–Crippen LogP) is 3.02.